The second kappa shape index (κ2) is 7.94. The Morgan fingerprint density at radius 2 is 1.92 bits per heavy atom. The van der Waals surface area contributed by atoms with Crippen LogP contribution in [0, 0.1) is 10.1 Å². The van der Waals surface area contributed by atoms with Gasteiger partial charge in [-0.1, -0.05) is 41.9 Å². The van der Waals surface area contributed by atoms with Crippen molar-refractivity contribution >= 4 is 29.7 Å². The number of likely N-dealkylation sites (tertiary alicyclic amines) is 1. The summed E-state index contributed by atoms with van der Waals surface area (Å²) in [4.78, 5) is 12.7. The number of benzene rings is 2. The Morgan fingerprint density at radius 1 is 1.21 bits per heavy atom. The van der Waals surface area contributed by atoms with Crippen LogP contribution in [0.1, 0.15) is 17.0 Å². The monoisotopic (exact) mass is 367 g/mol. The number of nitrogens with two attached hydrogens (primary N) is 1. The van der Waals surface area contributed by atoms with Gasteiger partial charge in [-0.15, -0.1) is 12.4 Å². The van der Waals surface area contributed by atoms with Crippen molar-refractivity contribution in [2.24, 2.45) is 5.73 Å². The standard InChI is InChI=1S/C17H18ClN3O2.ClH/c18-16-7-6-14(21(22)23)8-13(16)9-20-10-15(17(19)11-20)12-4-2-1-3-5-12;/h1-8,15,17H,9-11,19H2;1H/t15-,17+;/m0./s1. The molecule has 3 rings (SSSR count). The number of rotatable bonds is 4. The SMILES string of the molecule is Cl.N[C@@H]1CN(Cc2cc([N+](=O)[O-])ccc2Cl)C[C@H]1c1ccccc1. The molecule has 1 heterocycles. The van der Waals surface area contributed by atoms with Crippen LogP contribution in [0.3, 0.4) is 0 Å². The number of non-ortho nitro benzene ring substituents is 1. The summed E-state index contributed by atoms with van der Waals surface area (Å²) in [5, 5.41) is 11.5. The largest absolute Gasteiger partial charge is 0.326 e. The van der Waals surface area contributed by atoms with E-state index in [1.54, 1.807) is 12.1 Å². The highest BCUT2D eigenvalue weighted by atomic mass is 35.5. The second-order valence-electron chi connectivity index (χ2n) is 5.91. The summed E-state index contributed by atoms with van der Waals surface area (Å²) in [5.41, 5.74) is 8.35. The van der Waals surface area contributed by atoms with Gasteiger partial charge in [0.1, 0.15) is 0 Å². The highest BCUT2D eigenvalue weighted by Gasteiger charge is 2.31. The van der Waals surface area contributed by atoms with E-state index in [1.165, 1.54) is 11.6 Å². The van der Waals surface area contributed by atoms with E-state index in [9.17, 15) is 10.1 Å². The minimum absolute atomic E-state index is 0. The van der Waals surface area contributed by atoms with Gasteiger partial charge in [-0.2, -0.15) is 0 Å². The van der Waals surface area contributed by atoms with Crippen LogP contribution in [0.2, 0.25) is 5.02 Å². The Bertz CT molecular complexity index is 712. The number of nitrogens with zero attached hydrogens (tertiary/aromatic N) is 2. The van der Waals surface area contributed by atoms with E-state index in [0.29, 0.717) is 11.6 Å². The van der Waals surface area contributed by atoms with E-state index < -0.39 is 4.92 Å². The minimum atomic E-state index is -0.400. The molecule has 2 atom stereocenters. The predicted octanol–water partition coefficient (Wildman–Crippen LogP) is 3.60. The molecule has 128 valence electrons. The van der Waals surface area contributed by atoms with Crippen molar-refractivity contribution in [2.45, 2.75) is 18.5 Å². The predicted molar refractivity (Wildman–Crippen MR) is 97.8 cm³/mol. The fourth-order valence-electron chi connectivity index (χ4n) is 3.13. The number of hydrogen-bond acceptors (Lipinski definition) is 4. The van der Waals surface area contributed by atoms with Crippen LogP contribution >= 0.6 is 24.0 Å². The molecule has 1 saturated heterocycles. The van der Waals surface area contributed by atoms with E-state index >= 15 is 0 Å². The van der Waals surface area contributed by atoms with Gasteiger partial charge >= 0.3 is 0 Å². The van der Waals surface area contributed by atoms with Crippen LogP contribution in [-0.2, 0) is 6.54 Å². The fourth-order valence-corrected chi connectivity index (χ4v) is 3.31. The number of nitro groups is 1. The van der Waals surface area contributed by atoms with Crippen molar-refractivity contribution in [2.75, 3.05) is 13.1 Å². The van der Waals surface area contributed by atoms with Gasteiger partial charge < -0.3 is 5.73 Å². The molecule has 1 fully saturated rings. The third-order valence-electron chi connectivity index (χ3n) is 4.30. The van der Waals surface area contributed by atoms with Crippen LogP contribution in [0.5, 0.6) is 0 Å². The zero-order valence-corrected chi connectivity index (χ0v) is 14.5. The van der Waals surface area contributed by atoms with Gasteiger partial charge in [0, 0.05) is 48.7 Å². The maximum absolute atomic E-state index is 10.9. The lowest BCUT2D eigenvalue weighted by Gasteiger charge is -2.16. The molecule has 1 aliphatic heterocycles. The van der Waals surface area contributed by atoms with E-state index in [0.717, 1.165) is 18.7 Å². The highest BCUT2D eigenvalue weighted by molar-refractivity contribution is 6.31. The van der Waals surface area contributed by atoms with Gasteiger partial charge in [-0.05, 0) is 17.2 Å². The summed E-state index contributed by atoms with van der Waals surface area (Å²) >= 11 is 6.19. The maximum atomic E-state index is 10.9. The summed E-state index contributed by atoms with van der Waals surface area (Å²) in [6.07, 6.45) is 0. The molecule has 24 heavy (non-hydrogen) atoms. The van der Waals surface area contributed by atoms with Crippen molar-refractivity contribution in [1.82, 2.24) is 4.90 Å². The van der Waals surface area contributed by atoms with Crippen molar-refractivity contribution in [3.63, 3.8) is 0 Å². The molecule has 0 saturated carbocycles. The lowest BCUT2D eigenvalue weighted by atomic mass is 9.95. The zero-order valence-electron chi connectivity index (χ0n) is 13.0. The van der Waals surface area contributed by atoms with E-state index in [1.807, 2.05) is 18.2 Å². The topological polar surface area (TPSA) is 72.4 Å². The Balaban J connectivity index is 0.00000208. The van der Waals surface area contributed by atoms with E-state index in [-0.39, 0.29) is 30.1 Å². The highest BCUT2D eigenvalue weighted by Crippen LogP contribution is 2.29. The van der Waals surface area contributed by atoms with Crippen LogP contribution in [0.25, 0.3) is 0 Å². The molecule has 0 bridgehead atoms. The molecule has 2 aromatic carbocycles. The number of halogens is 2. The van der Waals surface area contributed by atoms with Crippen LogP contribution < -0.4 is 5.73 Å². The van der Waals surface area contributed by atoms with Crippen LogP contribution in [0.15, 0.2) is 48.5 Å². The molecule has 1 aliphatic rings. The first-order valence-corrected chi connectivity index (χ1v) is 7.88. The summed E-state index contributed by atoms with van der Waals surface area (Å²) in [6.45, 7) is 2.14. The van der Waals surface area contributed by atoms with Gasteiger partial charge in [-0.3, -0.25) is 15.0 Å². The molecule has 2 N–H and O–H groups in total. The molecule has 0 radical (unpaired) electrons. The van der Waals surface area contributed by atoms with Crippen LogP contribution in [0.4, 0.5) is 5.69 Å². The molecule has 0 spiro atoms. The molecule has 0 aliphatic carbocycles. The molecule has 0 amide bonds. The zero-order chi connectivity index (χ0) is 16.4. The van der Waals surface area contributed by atoms with Crippen molar-refractivity contribution in [3.8, 4) is 0 Å². The molecule has 7 heteroatoms. The van der Waals surface area contributed by atoms with Gasteiger partial charge in [0.25, 0.3) is 5.69 Å². The average molecular weight is 368 g/mol. The summed E-state index contributed by atoms with van der Waals surface area (Å²) in [7, 11) is 0. The Morgan fingerprint density at radius 3 is 2.58 bits per heavy atom. The van der Waals surface area contributed by atoms with Crippen molar-refractivity contribution in [1.29, 1.82) is 0 Å². The van der Waals surface area contributed by atoms with E-state index in [2.05, 4.69) is 17.0 Å². The number of hydrogen-bond donors (Lipinski definition) is 1. The molecular weight excluding hydrogens is 349 g/mol. The lowest BCUT2D eigenvalue weighted by Crippen LogP contribution is -2.28. The van der Waals surface area contributed by atoms with E-state index in [4.69, 9.17) is 17.3 Å². The van der Waals surface area contributed by atoms with Gasteiger partial charge in [0.2, 0.25) is 0 Å². The average Bonchev–Trinajstić information content (AvgIpc) is 2.90. The van der Waals surface area contributed by atoms with Crippen LogP contribution in [-0.4, -0.2) is 29.0 Å². The van der Waals surface area contributed by atoms with Gasteiger partial charge in [0.05, 0.1) is 4.92 Å². The maximum Gasteiger partial charge on any atom is 0.269 e. The molecule has 5 nitrogen and oxygen atoms in total. The Labute approximate surface area is 152 Å². The quantitative estimate of drug-likeness (QED) is 0.661. The molecule has 0 aromatic heterocycles. The Hall–Kier alpha value is -1.66. The first-order valence-electron chi connectivity index (χ1n) is 7.50. The molecule has 0 unspecified atom stereocenters. The molecule has 2 aromatic rings. The normalized spacial score (nSPS) is 20.6. The minimum Gasteiger partial charge on any atom is -0.326 e. The first kappa shape index (κ1) is 18.7. The first-order chi connectivity index (χ1) is 11.0. The van der Waals surface area contributed by atoms with Crippen molar-refractivity contribution < 1.29 is 4.92 Å². The van der Waals surface area contributed by atoms with Gasteiger partial charge in [-0.25, -0.2) is 0 Å². The number of nitro benzene ring substituents is 1. The summed E-state index contributed by atoms with van der Waals surface area (Å²) in [6, 6.07) is 14.8. The third-order valence-corrected chi connectivity index (χ3v) is 4.67. The van der Waals surface area contributed by atoms with Gasteiger partial charge in [0.15, 0.2) is 0 Å². The summed E-state index contributed by atoms with van der Waals surface area (Å²) in [5.74, 6) is 0.272. The second-order valence-corrected chi connectivity index (χ2v) is 6.32. The fraction of sp³-hybridized carbons (Fsp3) is 0.294. The smallest absolute Gasteiger partial charge is 0.269 e. The van der Waals surface area contributed by atoms with Crippen molar-refractivity contribution in [3.05, 3.63) is 74.8 Å². The molecular formula is C17H19Cl2N3O2. The Kier molecular flexibility index (Phi) is 6.18. The lowest BCUT2D eigenvalue weighted by molar-refractivity contribution is -0.384. The third kappa shape index (κ3) is 4.05. The summed E-state index contributed by atoms with van der Waals surface area (Å²) < 4.78 is 0.